The number of fused-ring (bicyclic) bond motifs is 2. The Hall–Kier alpha value is -1.10. The number of nitrogens with one attached hydrogen (secondary N) is 2. The zero-order valence-electron chi connectivity index (χ0n) is 11.5. The molecule has 4 atom stereocenters. The molecule has 2 amide bonds. The summed E-state index contributed by atoms with van der Waals surface area (Å²) in [6.45, 7) is 2.12. The molecule has 0 aromatic rings. The second-order valence-electron chi connectivity index (χ2n) is 5.80. The zero-order valence-corrected chi connectivity index (χ0v) is 11.5. The fourth-order valence-corrected chi connectivity index (χ4v) is 3.63. The van der Waals surface area contributed by atoms with Crippen LogP contribution in [-0.2, 0) is 9.59 Å². The molecule has 0 saturated heterocycles. The maximum atomic E-state index is 11.8. The summed E-state index contributed by atoms with van der Waals surface area (Å²) in [6, 6.07) is 0.0966. The second kappa shape index (κ2) is 6.37. The lowest BCUT2D eigenvalue weighted by Crippen LogP contribution is -2.48. The lowest BCUT2D eigenvalue weighted by Gasteiger charge is -2.30. The molecule has 2 aliphatic carbocycles. The fourth-order valence-electron chi connectivity index (χ4n) is 3.63. The number of hydrogen-bond acceptors (Lipinski definition) is 3. The van der Waals surface area contributed by atoms with Crippen molar-refractivity contribution < 1.29 is 14.7 Å². The Kier molecular flexibility index (Phi) is 4.80. The Balaban J connectivity index is 1.77. The first-order valence-electron chi connectivity index (χ1n) is 7.32. The lowest BCUT2D eigenvalue weighted by molar-refractivity contribution is -0.126. The Morgan fingerprint density at radius 3 is 2.63 bits per heavy atom. The quantitative estimate of drug-likeness (QED) is 0.653. The van der Waals surface area contributed by atoms with E-state index in [1.165, 1.54) is 6.42 Å². The van der Waals surface area contributed by atoms with Crippen LogP contribution in [0.3, 0.4) is 0 Å². The molecule has 0 heterocycles. The summed E-state index contributed by atoms with van der Waals surface area (Å²) in [5, 5.41) is 15.1. The highest BCUT2D eigenvalue weighted by Gasteiger charge is 2.47. The van der Waals surface area contributed by atoms with Crippen molar-refractivity contribution in [3.05, 3.63) is 0 Å². The van der Waals surface area contributed by atoms with Crippen LogP contribution in [0.4, 0.5) is 0 Å². The molecular formula is C14H24N2O3. The first-order chi connectivity index (χ1) is 9.15. The van der Waals surface area contributed by atoms with E-state index in [9.17, 15) is 14.7 Å². The lowest BCUT2D eigenvalue weighted by atomic mass is 9.85. The Morgan fingerprint density at radius 1 is 1.21 bits per heavy atom. The molecular weight excluding hydrogens is 244 g/mol. The van der Waals surface area contributed by atoms with Crippen LogP contribution in [-0.4, -0.2) is 36.1 Å². The van der Waals surface area contributed by atoms with Gasteiger partial charge in [-0.1, -0.05) is 6.92 Å². The van der Waals surface area contributed by atoms with E-state index in [2.05, 4.69) is 10.6 Å². The minimum Gasteiger partial charge on any atom is -0.396 e. The Bertz CT molecular complexity index is 346. The van der Waals surface area contributed by atoms with Gasteiger partial charge in [-0.25, -0.2) is 0 Å². The van der Waals surface area contributed by atoms with E-state index in [4.69, 9.17) is 0 Å². The number of aliphatic hydroxyl groups excluding tert-OH is 1. The molecule has 0 aromatic heterocycles. The van der Waals surface area contributed by atoms with E-state index in [-0.39, 0.29) is 36.9 Å². The molecule has 19 heavy (non-hydrogen) atoms. The van der Waals surface area contributed by atoms with Gasteiger partial charge in [0.2, 0.25) is 11.8 Å². The topological polar surface area (TPSA) is 78.4 Å². The van der Waals surface area contributed by atoms with Crippen LogP contribution in [0.1, 0.15) is 39.0 Å². The molecule has 2 saturated carbocycles. The van der Waals surface area contributed by atoms with Crippen molar-refractivity contribution in [2.75, 3.05) is 13.2 Å². The highest BCUT2D eigenvalue weighted by atomic mass is 16.3. The van der Waals surface area contributed by atoms with Gasteiger partial charge < -0.3 is 15.7 Å². The summed E-state index contributed by atoms with van der Waals surface area (Å²) in [7, 11) is 0. The smallest absolute Gasteiger partial charge is 0.239 e. The van der Waals surface area contributed by atoms with Gasteiger partial charge in [0.05, 0.1) is 6.54 Å². The fraction of sp³-hybridized carbons (Fsp3) is 0.857. The normalized spacial score (nSPS) is 32.3. The maximum Gasteiger partial charge on any atom is 0.239 e. The van der Waals surface area contributed by atoms with Crippen molar-refractivity contribution in [3.63, 3.8) is 0 Å². The molecule has 5 heteroatoms. The van der Waals surface area contributed by atoms with Gasteiger partial charge in [-0.3, -0.25) is 9.59 Å². The van der Waals surface area contributed by atoms with Gasteiger partial charge in [0.25, 0.3) is 0 Å². The highest BCUT2D eigenvalue weighted by molar-refractivity contribution is 5.84. The summed E-state index contributed by atoms with van der Waals surface area (Å²) >= 11 is 0. The van der Waals surface area contributed by atoms with E-state index in [0.29, 0.717) is 18.3 Å². The monoisotopic (exact) mass is 268 g/mol. The maximum absolute atomic E-state index is 11.8. The standard InChI is InChI=1S/C14H24N2O3/c1-2-3-12(18)15-7-13(19)16-14-10-5-4-9(6-10)11(14)8-17/h9-11,14,17H,2-8H2,1H3,(H,15,18)(H,16,19). The summed E-state index contributed by atoms with van der Waals surface area (Å²) in [6.07, 6.45) is 4.69. The van der Waals surface area contributed by atoms with E-state index in [1.54, 1.807) is 0 Å². The molecule has 0 aliphatic heterocycles. The molecule has 2 aliphatic rings. The molecule has 0 aromatic carbocycles. The third kappa shape index (κ3) is 3.26. The van der Waals surface area contributed by atoms with Crippen LogP contribution >= 0.6 is 0 Å². The summed E-state index contributed by atoms with van der Waals surface area (Å²) in [5.74, 6) is 1.06. The first-order valence-corrected chi connectivity index (χ1v) is 7.32. The SMILES string of the molecule is CCCC(=O)NCC(=O)NC1C2CCC(C2)C1CO. The van der Waals surface area contributed by atoms with Crippen LogP contribution in [0.15, 0.2) is 0 Å². The number of amides is 2. The van der Waals surface area contributed by atoms with Gasteiger partial charge in [-0.2, -0.15) is 0 Å². The van der Waals surface area contributed by atoms with E-state index in [0.717, 1.165) is 19.3 Å². The van der Waals surface area contributed by atoms with Crippen LogP contribution < -0.4 is 10.6 Å². The number of carbonyl (C=O) groups excluding carboxylic acids is 2. The van der Waals surface area contributed by atoms with E-state index >= 15 is 0 Å². The van der Waals surface area contributed by atoms with Crippen LogP contribution in [0.2, 0.25) is 0 Å². The van der Waals surface area contributed by atoms with Crippen molar-refractivity contribution >= 4 is 11.8 Å². The molecule has 2 bridgehead atoms. The molecule has 0 spiro atoms. The summed E-state index contributed by atoms with van der Waals surface area (Å²) in [4.78, 5) is 23.1. The van der Waals surface area contributed by atoms with Crippen molar-refractivity contribution in [3.8, 4) is 0 Å². The van der Waals surface area contributed by atoms with E-state index < -0.39 is 0 Å². The minimum absolute atomic E-state index is 0.0465. The first kappa shape index (κ1) is 14.3. The van der Waals surface area contributed by atoms with Crippen molar-refractivity contribution in [1.29, 1.82) is 0 Å². The summed E-state index contributed by atoms with van der Waals surface area (Å²) < 4.78 is 0. The predicted octanol–water partition coefficient (Wildman–Crippen LogP) is 0.426. The van der Waals surface area contributed by atoms with Gasteiger partial charge in [0, 0.05) is 25.0 Å². The molecule has 108 valence electrons. The van der Waals surface area contributed by atoms with Gasteiger partial charge in [0.15, 0.2) is 0 Å². The van der Waals surface area contributed by atoms with Crippen LogP contribution in [0, 0.1) is 17.8 Å². The van der Waals surface area contributed by atoms with E-state index in [1.807, 2.05) is 6.92 Å². The third-order valence-corrected chi connectivity index (χ3v) is 4.55. The summed E-state index contributed by atoms with van der Waals surface area (Å²) in [5.41, 5.74) is 0. The molecule has 5 nitrogen and oxygen atoms in total. The van der Waals surface area contributed by atoms with Crippen molar-refractivity contribution in [1.82, 2.24) is 10.6 Å². The second-order valence-corrected chi connectivity index (χ2v) is 5.80. The molecule has 4 unspecified atom stereocenters. The number of aliphatic hydroxyl groups is 1. The minimum atomic E-state index is -0.138. The van der Waals surface area contributed by atoms with Gasteiger partial charge >= 0.3 is 0 Å². The number of hydrogen-bond donors (Lipinski definition) is 3. The van der Waals surface area contributed by atoms with Crippen LogP contribution in [0.25, 0.3) is 0 Å². The average molecular weight is 268 g/mol. The largest absolute Gasteiger partial charge is 0.396 e. The van der Waals surface area contributed by atoms with Crippen molar-refractivity contribution in [2.24, 2.45) is 17.8 Å². The Labute approximate surface area is 114 Å². The molecule has 0 radical (unpaired) electrons. The van der Waals surface area contributed by atoms with Gasteiger partial charge in [-0.05, 0) is 37.5 Å². The van der Waals surface area contributed by atoms with Crippen molar-refractivity contribution in [2.45, 2.75) is 45.1 Å². The van der Waals surface area contributed by atoms with Gasteiger partial charge in [0.1, 0.15) is 0 Å². The zero-order chi connectivity index (χ0) is 13.8. The van der Waals surface area contributed by atoms with Crippen LogP contribution in [0.5, 0.6) is 0 Å². The average Bonchev–Trinajstić information content (AvgIpc) is 2.97. The Morgan fingerprint density at radius 2 is 1.95 bits per heavy atom. The predicted molar refractivity (Wildman–Crippen MR) is 71.3 cm³/mol. The van der Waals surface area contributed by atoms with Gasteiger partial charge in [-0.15, -0.1) is 0 Å². The molecule has 2 rings (SSSR count). The third-order valence-electron chi connectivity index (χ3n) is 4.55. The molecule has 3 N–H and O–H groups in total. The molecule has 2 fully saturated rings. The number of carbonyl (C=O) groups is 2. The highest BCUT2D eigenvalue weighted by Crippen LogP contribution is 2.48. The number of rotatable bonds is 6.